The standard InChI is InChI=1S/C19H13N/c1-4-14-10-12-16-6-3-7-17(20-16)13-11-15-5-2-9-19(14)18(15)8-1/h1-13H/b12-10+,13-11+. The van der Waals surface area contributed by atoms with Crippen LogP contribution in [-0.2, 0) is 0 Å². The highest BCUT2D eigenvalue weighted by Crippen LogP contribution is 2.26. The van der Waals surface area contributed by atoms with Gasteiger partial charge in [0, 0.05) is 0 Å². The highest BCUT2D eigenvalue weighted by atomic mass is 14.7. The molecule has 0 radical (unpaired) electrons. The number of pyridine rings is 1. The maximum absolute atomic E-state index is 4.62. The van der Waals surface area contributed by atoms with Crippen molar-refractivity contribution < 1.29 is 0 Å². The monoisotopic (exact) mass is 255 g/mol. The quantitative estimate of drug-likeness (QED) is 0.436. The first-order valence-corrected chi connectivity index (χ1v) is 6.75. The maximum atomic E-state index is 4.62. The number of fused-ring (bicyclic) bond motifs is 2. The summed E-state index contributed by atoms with van der Waals surface area (Å²) in [6.45, 7) is 0. The van der Waals surface area contributed by atoms with Gasteiger partial charge in [0.15, 0.2) is 0 Å². The van der Waals surface area contributed by atoms with Crippen LogP contribution in [0.4, 0.5) is 0 Å². The van der Waals surface area contributed by atoms with Crippen LogP contribution in [0.3, 0.4) is 0 Å². The zero-order valence-electron chi connectivity index (χ0n) is 11.0. The summed E-state index contributed by atoms with van der Waals surface area (Å²) in [7, 11) is 0. The molecule has 0 unspecified atom stereocenters. The molecule has 1 aromatic heterocycles. The molecule has 0 saturated heterocycles. The van der Waals surface area contributed by atoms with Crippen molar-refractivity contribution in [3.05, 3.63) is 77.1 Å². The zero-order chi connectivity index (χ0) is 13.4. The lowest BCUT2D eigenvalue weighted by molar-refractivity contribution is 1.27. The predicted molar refractivity (Wildman–Crippen MR) is 86.0 cm³/mol. The molecule has 1 nitrogen and oxygen atoms in total. The van der Waals surface area contributed by atoms with Gasteiger partial charge in [-0.1, -0.05) is 54.6 Å². The third kappa shape index (κ3) is 1.84. The van der Waals surface area contributed by atoms with Crippen LogP contribution in [0.2, 0.25) is 0 Å². The Morgan fingerprint density at radius 2 is 1.00 bits per heavy atom. The van der Waals surface area contributed by atoms with E-state index in [9.17, 15) is 0 Å². The molecule has 4 rings (SSSR count). The number of hydrogen-bond acceptors (Lipinski definition) is 1. The van der Waals surface area contributed by atoms with E-state index in [2.05, 4.69) is 65.7 Å². The molecule has 0 N–H and O–H groups in total. The van der Waals surface area contributed by atoms with E-state index in [-0.39, 0.29) is 0 Å². The number of benzene rings is 2. The molecule has 3 aromatic rings. The van der Waals surface area contributed by atoms with Gasteiger partial charge < -0.3 is 0 Å². The van der Waals surface area contributed by atoms with Crippen LogP contribution in [0.15, 0.2) is 54.6 Å². The van der Waals surface area contributed by atoms with E-state index in [0.717, 1.165) is 11.4 Å². The summed E-state index contributed by atoms with van der Waals surface area (Å²) in [4.78, 5) is 4.62. The van der Waals surface area contributed by atoms with E-state index in [4.69, 9.17) is 0 Å². The van der Waals surface area contributed by atoms with Gasteiger partial charge in [-0.15, -0.1) is 0 Å². The molecule has 94 valence electrons. The highest BCUT2D eigenvalue weighted by Gasteiger charge is 2.03. The first kappa shape index (κ1) is 11.2. The van der Waals surface area contributed by atoms with Crippen LogP contribution in [0.25, 0.3) is 35.1 Å². The smallest absolute Gasteiger partial charge is 0.0637 e. The number of hydrogen-bond donors (Lipinski definition) is 0. The van der Waals surface area contributed by atoms with Gasteiger partial charge in [-0.2, -0.15) is 0 Å². The fraction of sp³-hybridized carbons (Fsp3) is 0. The summed E-state index contributed by atoms with van der Waals surface area (Å²) in [5.41, 5.74) is 4.43. The summed E-state index contributed by atoms with van der Waals surface area (Å²) < 4.78 is 0. The number of nitrogens with zero attached hydrogens (tertiary/aromatic N) is 1. The van der Waals surface area contributed by atoms with Crippen molar-refractivity contribution in [2.45, 2.75) is 0 Å². The van der Waals surface area contributed by atoms with E-state index < -0.39 is 0 Å². The average molecular weight is 255 g/mol. The van der Waals surface area contributed by atoms with E-state index in [1.165, 1.54) is 21.9 Å². The van der Waals surface area contributed by atoms with Crippen LogP contribution in [0.5, 0.6) is 0 Å². The molecule has 6 bridgehead atoms. The molecule has 2 aromatic carbocycles. The van der Waals surface area contributed by atoms with E-state index in [0.29, 0.717) is 0 Å². The highest BCUT2D eigenvalue weighted by molar-refractivity contribution is 5.98. The van der Waals surface area contributed by atoms with Crippen molar-refractivity contribution in [1.29, 1.82) is 0 Å². The Bertz CT molecular complexity index is 788. The van der Waals surface area contributed by atoms with Crippen molar-refractivity contribution in [2.75, 3.05) is 0 Å². The van der Waals surface area contributed by atoms with E-state index in [1.54, 1.807) is 0 Å². The molecule has 0 atom stereocenters. The molecule has 1 heteroatoms. The number of rotatable bonds is 0. The zero-order valence-corrected chi connectivity index (χ0v) is 11.0. The van der Waals surface area contributed by atoms with Gasteiger partial charge >= 0.3 is 0 Å². The molecule has 0 fully saturated rings. The van der Waals surface area contributed by atoms with Gasteiger partial charge in [0.2, 0.25) is 0 Å². The average Bonchev–Trinajstić information content (AvgIpc) is 2.51. The molecular weight excluding hydrogens is 242 g/mol. The minimum absolute atomic E-state index is 0.985. The fourth-order valence-corrected chi connectivity index (χ4v) is 2.65. The second kappa shape index (κ2) is 4.46. The summed E-state index contributed by atoms with van der Waals surface area (Å²) in [6, 6.07) is 19.0. The topological polar surface area (TPSA) is 12.9 Å². The van der Waals surface area contributed by atoms with Gasteiger partial charge in [-0.25, -0.2) is 4.98 Å². The van der Waals surface area contributed by atoms with Gasteiger partial charge in [-0.3, -0.25) is 0 Å². The van der Waals surface area contributed by atoms with Crippen LogP contribution < -0.4 is 0 Å². The lowest BCUT2D eigenvalue weighted by Gasteiger charge is -2.05. The Balaban J connectivity index is 2.10. The Morgan fingerprint density at radius 1 is 0.500 bits per heavy atom. The molecule has 20 heavy (non-hydrogen) atoms. The summed E-state index contributed by atoms with van der Waals surface area (Å²) in [5, 5.41) is 2.56. The lowest BCUT2D eigenvalue weighted by atomic mass is 9.99. The van der Waals surface area contributed by atoms with Crippen LogP contribution in [-0.4, -0.2) is 4.98 Å². The first-order chi connectivity index (χ1) is 9.90. The molecule has 1 aliphatic rings. The predicted octanol–water partition coefficient (Wildman–Crippen LogP) is 4.89. The Hall–Kier alpha value is -2.67. The van der Waals surface area contributed by atoms with Crippen LogP contribution in [0, 0.1) is 0 Å². The van der Waals surface area contributed by atoms with Crippen molar-refractivity contribution in [3.8, 4) is 0 Å². The van der Waals surface area contributed by atoms with Gasteiger partial charge in [0.25, 0.3) is 0 Å². The Labute approximate surface area is 117 Å². The summed E-state index contributed by atoms with van der Waals surface area (Å²) >= 11 is 0. The van der Waals surface area contributed by atoms with Gasteiger partial charge in [0.1, 0.15) is 0 Å². The molecular formula is C19H13N. The second-order valence-corrected chi connectivity index (χ2v) is 4.94. The SMILES string of the molecule is C1=C/c2cccc3c(cccc23)/C=C/c2cccc/1n2. The minimum Gasteiger partial charge on any atom is -0.249 e. The van der Waals surface area contributed by atoms with Crippen LogP contribution in [0.1, 0.15) is 22.5 Å². The Kier molecular flexibility index (Phi) is 2.49. The maximum Gasteiger partial charge on any atom is 0.0637 e. The van der Waals surface area contributed by atoms with Crippen molar-refractivity contribution in [1.82, 2.24) is 4.98 Å². The van der Waals surface area contributed by atoms with Crippen LogP contribution >= 0.6 is 0 Å². The molecule has 0 aliphatic carbocycles. The van der Waals surface area contributed by atoms with Crippen molar-refractivity contribution in [2.24, 2.45) is 0 Å². The molecule has 0 saturated carbocycles. The molecule has 1 aliphatic heterocycles. The van der Waals surface area contributed by atoms with Crippen molar-refractivity contribution in [3.63, 3.8) is 0 Å². The normalized spacial score (nSPS) is 15.8. The van der Waals surface area contributed by atoms with E-state index >= 15 is 0 Å². The summed E-state index contributed by atoms with van der Waals surface area (Å²) in [6.07, 6.45) is 8.43. The van der Waals surface area contributed by atoms with Gasteiger partial charge in [0.05, 0.1) is 11.4 Å². The number of aromatic nitrogens is 1. The first-order valence-electron chi connectivity index (χ1n) is 6.75. The minimum atomic E-state index is 0.985. The molecule has 2 heterocycles. The summed E-state index contributed by atoms with van der Waals surface area (Å²) in [5.74, 6) is 0. The third-order valence-electron chi connectivity index (χ3n) is 3.65. The third-order valence-corrected chi connectivity index (χ3v) is 3.65. The van der Waals surface area contributed by atoms with Gasteiger partial charge in [-0.05, 0) is 46.2 Å². The molecule has 0 amide bonds. The Morgan fingerprint density at radius 3 is 1.55 bits per heavy atom. The van der Waals surface area contributed by atoms with E-state index in [1.807, 2.05) is 18.2 Å². The lowest BCUT2D eigenvalue weighted by Crippen LogP contribution is -1.83. The largest absolute Gasteiger partial charge is 0.249 e. The fourth-order valence-electron chi connectivity index (χ4n) is 2.65. The molecule has 0 spiro atoms. The second-order valence-electron chi connectivity index (χ2n) is 4.94. The van der Waals surface area contributed by atoms with Crippen molar-refractivity contribution >= 4 is 35.1 Å².